The number of hydrogen-bond donors (Lipinski definition) is 0. The Morgan fingerprint density at radius 2 is 1.70 bits per heavy atom. The van der Waals surface area contributed by atoms with E-state index < -0.39 is 0 Å². The average molecular weight is 311 g/mol. The molecule has 2 fully saturated rings. The lowest BCUT2D eigenvalue weighted by Crippen LogP contribution is -2.39. The van der Waals surface area contributed by atoms with Crippen molar-refractivity contribution in [3.05, 3.63) is 42.0 Å². The Hall–Kier alpha value is -1.58. The van der Waals surface area contributed by atoms with Crippen molar-refractivity contribution in [1.29, 1.82) is 0 Å². The van der Waals surface area contributed by atoms with Crippen LogP contribution >= 0.6 is 0 Å². The molecule has 2 aliphatic heterocycles. The van der Waals surface area contributed by atoms with E-state index in [1.165, 1.54) is 42.0 Å². The number of hydrogen-bond acceptors (Lipinski definition) is 3. The standard InChI is InChI=1S/C20H25NO2/c1-21-18-6-7-19(21)11-17(10-18)15-3-4-16-12-20(23-13-22-2)8-5-14(16)9-15/h3-5,8-9,12,17-19H,6-7,10-11,13H2,1-2H3. The molecule has 3 heteroatoms. The van der Waals surface area contributed by atoms with E-state index in [1.54, 1.807) is 7.11 Å². The van der Waals surface area contributed by atoms with Crippen molar-refractivity contribution in [3.63, 3.8) is 0 Å². The second-order valence-corrected chi connectivity index (χ2v) is 7.04. The molecule has 2 aliphatic rings. The monoisotopic (exact) mass is 311 g/mol. The topological polar surface area (TPSA) is 21.7 Å². The first-order chi connectivity index (χ1) is 11.2. The normalized spacial score (nSPS) is 27.5. The molecule has 2 saturated heterocycles. The molecule has 2 aromatic rings. The van der Waals surface area contributed by atoms with Crippen molar-refractivity contribution in [1.82, 2.24) is 4.90 Å². The maximum absolute atomic E-state index is 5.53. The lowest BCUT2D eigenvalue weighted by Gasteiger charge is -2.36. The summed E-state index contributed by atoms with van der Waals surface area (Å²) in [5.41, 5.74) is 1.51. The van der Waals surface area contributed by atoms with E-state index in [0.717, 1.165) is 23.8 Å². The Kier molecular flexibility index (Phi) is 4.00. The van der Waals surface area contributed by atoms with Gasteiger partial charge < -0.3 is 14.4 Å². The molecule has 2 aromatic carbocycles. The van der Waals surface area contributed by atoms with E-state index in [-0.39, 0.29) is 0 Å². The molecule has 0 aliphatic carbocycles. The second kappa shape index (κ2) is 6.14. The number of nitrogens with zero attached hydrogens (tertiary/aromatic N) is 1. The third kappa shape index (κ3) is 2.84. The second-order valence-electron chi connectivity index (χ2n) is 7.04. The van der Waals surface area contributed by atoms with Gasteiger partial charge in [-0.05, 0) is 67.1 Å². The Morgan fingerprint density at radius 1 is 1.00 bits per heavy atom. The first kappa shape index (κ1) is 15.0. The van der Waals surface area contributed by atoms with Crippen LogP contribution in [0.5, 0.6) is 5.75 Å². The molecule has 0 saturated carbocycles. The molecule has 2 unspecified atom stereocenters. The molecule has 0 aromatic heterocycles. The van der Waals surface area contributed by atoms with Gasteiger partial charge in [-0.2, -0.15) is 0 Å². The summed E-state index contributed by atoms with van der Waals surface area (Å²) in [6, 6.07) is 14.8. The molecule has 23 heavy (non-hydrogen) atoms. The van der Waals surface area contributed by atoms with Gasteiger partial charge in [-0.25, -0.2) is 0 Å². The Balaban J connectivity index is 1.57. The Bertz CT molecular complexity index is 685. The molecule has 122 valence electrons. The van der Waals surface area contributed by atoms with Crippen LogP contribution in [0.2, 0.25) is 0 Å². The fourth-order valence-electron chi connectivity index (χ4n) is 4.40. The van der Waals surface area contributed by atoms with Crippen LogP contribution in [-0.2, 0) is 4.74 Å². The highest BCUT2D eigenvalue weighted by Gasteiger charge is 2.38. The summed E-state index contributed by atoms with van der Waals surface area (Å²) in [5.74, 6) is 1.59. The molecule has 0 N–H and O–H groups in total. The summed E-state index contributed by atoms with van der Waals surface area (Å²) in [7, 11) is 3.95. The van der Waals surface area contributed by atoms with Gasteiger partial charge in [0, 0.05) is 19.2 Å². The first-order valence-electron chi connectivity index (χ1n) is 8.62. The quantitative estimate of drug-likeness (QED) is 0.791. The predicted octanol–water partition coefficient (Wildman–Crippen LogP) is 4.16. The highest BCUT2D eigenvalue weighted by Crippen LogP contribution is 2.42. The minimum absolute atomic E-state index is 0.294. The third-order valence-corrected chi connectivity index (χ3v) is 5.75. The summed E-state index contributed by atoms with van der Waals surface area (Å²) in [6.07, 6.45) is 5.39. The molecule has 2 bridgehead atoms. The van der Waals surface area contributed by atoms with Crippen LogP contribution in [0, 0.1) is 0 Å². The Labute approximate surface area is 138 Å². The largest absolute Gasteiger partial charge is 0.468 e. The van der Waals surface area contributed by atoms with Crippen LogP contribution in [0.4, 0.5) is 0 Å². The van der Waals surface area contributed by atoms with E-state index in [4.69, 9.17) is 9.47 Å². The number of rotatable bonds is 4. The average Bonchev–Trinajstić information content (AvgIpc) is 2.80. The number of fused-ring (bicyclic) bond motifs is 3. The van der Waals surface area contributed by atoms with Crippen molar-refractivity contribution in [3.8, 4) is 5.75 Å². The first-order valence-corrected chi connectivity index (χ1v) is 8.62. The summed E-state index contributed by atoms with van der Waals surface area (Å²) in [4.78, 5) is 2.61. The molecule has 0 amide bonds. The van der Waals surface area contributed by atoms with E-state index in [9.17, 15) is 0 Å². The molecule has 0 spiro atoms. The van der Waals surface area contributed by atoms with Crippen LogP contribution < -0.4 is 4.74 Å². The predicted molar refractivity (Wildman–Crippen MR) is 93.0 cm³/mol. The summed E-state index contributed by atoms with van der Waals surface area (Å²) in [6.45, 7) is 0.294. The number of ether oxygens (including phenoxy) is 2. The van der Waals surface area contributed by atoms with Crippen LogP contribution in [-0.4, -0.2) is 37.9 Å². The highest BCUT2D eigenvalue weighted by atomic mass is 16.7. The minimum atomic E-state index is 0.294. The molecule has 3 nitrogen and oxygen atoms in total. The Morgan fingerprint density at radius 3 is 2.43 bits per heavy atom. The van der Waals surface area contributed by atoms with Gasteiger partial charge in [0.2, 0.25) is 0 Å². The van der Waals surface area contributed by atoms with Gasteiger partial charge in [0.1, 0.15) is 5.75 Å². The van der Waals surface area contributed by atoms with E-state index in [2.05, 4.69) is 42.3 Å². The van der Waals surface area contributed by atoms with Gasteiger partial charge in [-0.15, -0.1) is 0 Å². The van der Waals surface area contributed by atoms with Crippen molar-refractivity contribution in [2.24, 2.45) is 0 Å². The fourth-order valence-corrected chi connectivity index (χ4v) is 4.40. The van der Waals surface area contributed by atoms with Crippen molar-refractivity contribution in [2.75, 3.05) is 21.0 Å². The van der Waals surface area contributed by atoms with E-state index in [1.807, 2.05) is 6.07 Å². The zero-order valence-corrected chi connectivity index (χ0v) is 14.0. The lowest BCUT2D eigenvalue weighted by molar-refractivity contribution is 0.0512. The van der Waals surface area contributed by atoms with Crippen LogP contribution in [0.1, 0.15) is 37.2 Å². The van der Waals surface area contributed by atoms with Gasteiger partial charge in [-0.1, -0.05) is 24.3 Å². The summed E-state index contributed by atoms with van der Waals surface area (Å²) in [5, 5.41) is 2.54. The van der Waals surface area contributed by atoms with E-state index in [0.29, 0.717) is 6.79 Å². The fraction of sp³-hybridized carbons (Fsp3) is 0.500. The van der Waals surface area contributed by atoms with Gasteiger partial charge in [0.15, 0.2) is 6.79 Å². The van der Waals surface area contributed by atoms with Gasteiger partial charge in [0.05, 0.1) is 0 Å². The molecule has 0 radical (unpaired) electrons. The molecule has 2 heterocycles. The maximum Gasteiger partial charge on any atom is 0.188 e. The van der Waals surface area contributed by atoms with Crippen LogP contribution in [0.25, 0.3) is 10.8 Å². The van der Waals surface area contributed by atoms with Gasteiger partial charge in [-0.3, -0.25) is 0 Å². The number of benzene rings is 2. The molecule has 2 atom stereocenters. The smallest absolute Gasteiger partial charge is 0.188 e. The van der Waals surface area contributed by atoms with Crippen molar-refractivity contribution < 1.29 is 9.47 Å². The van der Waals surface area contributed by atoms with Crippen LogP contribution in [0.3, 0.4) is 0 Å². The minimum Gasteiger partial charge on any atom is -0.468 e. The van der Waals surface area contributed by atoms with Crippen LogP contribution in [0.15, 0.2) is 36.4 Å². The van der Waals surface area contributed by atoms with E-state index >= 15 is 0 Å². The molecule has 4 rings (SSSR count). The summed E-state index contributed by atoms with van der Waals surface area (Å²) < 4.78 is 10.5. The van der Waals surface area contributed by atoms with Crippen molar-refractivity contribution in [2.45, 2.75) is 43.7 Å². The number of methoxy groups -OCH3 is 1. The maximum atomic E-state index is 5.53. The van der Waals surface area contributed by atoms with Gasteiger partial charge >= 0.3 is 0 Å². The van der Waals surface area contributed by atoms with Crippen molar-refractivity contribution >= 4 is 10.8 Å². The zero-order valence-electron chi connectivity index (χ0n) is 14.0. The molecular weight excluding hydrogens is 286 g/mol. The third-order valence-electron chi connectivity index (χ3n) is 5.75. The summed E-state index contributed by atoms with van der Waals surface area (Å²) >= 11 is 0. The highest BCUT2D eigenvalue weighted by molar-refractivity contribution is 5.84. The molecular formula is C20H25NO2. The lowest BCUT2D eigenvalue weighted by atomic mass is 9.84. The SMILES string of the molecule is COCOc1ccc2cc(C3CC4CCC(C3)N4C)ccc2c1. The number of piperidine rings is 1. The van der Waals surface area contributed by atoms with Gasteiger partial charge in [0.25, 0.3) is 0 Å². The zero-order chi connectivity index (χ0) is 15.8.